The van der Waals surface area contributed by atoms with Gasteiger partial charge in [0, 0.05) is 26.2 Å². The van der Waals surface area contributed by atoms with E-state index in [1.807, 2.05) is 11.8 Å². The van der Waals surface area contributed by atoms with E-state index in [4.69, 9.17) is 28.5 Å². The zero-order valence-electron chi connectivity index (χ0n) is 11.4. The Morgan fingerprint density at radius 1 is 1.38 bits per heavy atom. The number of halogens is 2. The van der Waals surface area contributed by atoms with Crippen molar-refractivity contribution in [3.05, 3.63) is 14.7 Å². The van der Waals surface area contributed by atoms with Crippen LogP contribution in [0.15, 0.2) is 11.0 Å². The Balaban J connectivity index is 2.12. The van der Waals surface area contributed by atoms with E-state index < -0.39 is 10.0 Å². The lowest BCUT2D eigenvalue weighted by atomic mass is 10.2. The van der Waals surface area contributed by atoms with Crippen LogP contribution in [0.3, 0.4) is 0 Å². The highest BCUT2D eigenvalue weighted by atomic mass is 35.5. The molecule has 0 saturated carbocycles. The van der Waals surface area contributed by atoms with Gasteiger partial charge in [0.15, 0.2) is 0 Å². The number of sulfonamides is 1. The molecular formula is C12H15Cl2N3O2S2. The van der Waals surface area contributed by atoms with Crippen LogP contribution in [0, 0.1) is 11.3 Å². The predicted octanol–water partition coefficient (Wildman–Crippen LogP) is 2.66. The van der Waals surface area contributed by atoms with E-state index in [1.165, 1.54) is 10.4 Å². The second-order valence-electron chi connectivity index (χ2n) is 4.68. The highest BCUT2D eigenvalue weighted by molar-refractivity contribution is 7.89. The molecule has 0 spiro atoms. The van der Waals surface area contributed by atoms with Crippen molar-refractivity contribution in [3.8, 4) is 6.07 Å². The molecule has 1 atom stereocenters. The Kier molecular flexibility index (Phi) is 5.52. The number of nitrogens with zero attached hydrogens (tertiary/aromatic N) is 3. The molecule has 1 saturated heterocycles. The Morgan fingerprint density at radius 3 is 2.43 bits per heavy atom. The Labute approximate surface area is 138 Å². The van der Waals surface area contributed by atoms with Gasteiger partial charge < -0.3 is 0 Å². The minimum Gasteiger partial charge on any atom is -0.285 e. The van der Waals surface area contributed by atoms with Crippen molar-refractivity contribution in [1.29, 1.82) is 5.26 Å². The summed E-state index contributed by atoms with van der Waals surface area (Å²) >= 11 is 12.8. The standard InChI is InChI=1S/C12H15Cl2N3O2S2/c1-2-9(8-15)16-3-5-17(6-4-16)21(18,19)10-7-11(13)20-12(10)14/h7,9H,2-6H2,1H3. The molecule has 9 heteroatoms. The summed E-state index contributed by atoms with van der Waals surface area (Å²) in [5, 5.41) is 9.07. The first-order valence-electron chi connectivity index (χ1n) is 6.48. The summed E-state index contributed by atoms with van der Waals surface area (Å²) in [7, 11) is -3.62. The van der Waals surface area contributed by atoms with Gasteiger partial charge in [0.1, 0.15) is 9.23 Å². The summed E-state index contributed by atoms with van der Waals surface area (Å²) in [6, 6.07) is 3.47. The molecule has 1 aromatic heterocycles. The first kappa shape index (κ1) is 17.0. The first-order valence-corrected chi connectivity index (χ1v) is 9.50. The van der Waals surface area contributed by atoms with E-state index in [9.17, 15) is 8.42 Å². The summed E-state index contributed by atoms with van der Waals surface area (Å²) in [6.45, 7) is 3.74. The van der Waals surface area contributed by atoms with Crippen LogP contribution in [-0.2, 0) is 10.0 Å². The number of piperazine rings is 1. The summed E-state index contributed by atoms with van der Waals surface area (Å²) in [4.78, 5) is 2.08. The van der Waals surface area contributed by atoms with Crippen LogP contribution in [0.1, 0.15) is 13.3 Å². The zero-order chi connectivity index (χ0) is 15.6. The molecule has 1 aliphatic heterocycles. The molecule has 0 bridgehead atoms. The monoisotopic (exact) mass is 367 g/mol. The van der Waals surface area contributed by atoms with Crippen molar-refractivity contribution < 1.29 is 8.42 Å². The molecule has 1 fully saturated rings. The van der Waals surface area contributed by atoms with Gasteiger partial charge in [-0.2, -0.15) is 9.57 Å². The third-order valence-corrected chi connectivity index (χ3v) is 7.14. The molecular weight excluding hydrogens is 353 g/mol. The van der Waals surface area contributed by atoms with Crippen LogP contribution in [0.2, 0.25) is 8.67 Å². The molecule has 5 nitrogen and oxygen atoms in total. The first-order chi connectivity index (χ1) is 9.90. The maximum Gasteiger partial charge on any atom is 0.245 e. The van der Waals surface area contributed by atoms with Crippen molar-refractivity contribution in [2.45, 2.75) is 24.3 Å². The van der Waals surface area contributed by atoms with Gasteiger partial charge in [-0.1, -0.05) is 30.1 Å². The summed E-state index contributed by atoms with van der Waals surface area (Å²) < 4.78 is 27.0. The fourth-order valence-electron chi connectivity index (χ4n) is 2.33. The maximum absolute atomic E-state index is 12.5. The Morgan fingerprint density at radius 2 is 2.00 bits per heavy atom. The van der Waals surface area contributed by atoms with Gasteiger partial charge >= 0.3 is 0 Å². The molecule has 116 valence electrons. The minimum atomic E-state index is -3.62. The van der Waals surface area contributed by atoms with Gasteiger partial charge in [0.25, 0.3) is 0 Å². The van der Waals surface area contributed by atoms with Crippen LogP contribution in [0.5, 0.6) is 0 Å². The molecule has 2 heterocycles. The average Bonchev–Trinajstić information content (AvgIpc) is 2.80. The summed E-state index contributed by atoms with van der Waals surface area (Å²) in [5.74, 6) is 0. The molecule has 21 heavy (non-hydrogen) atoms. The lowest BCUT2D eigenvalue weighted by Gasteiger charge is -2.35. The molecule has 0 amide bonds. The molecule has 1 unspecified atom stereocenters. The Hall–Kier alpha value is -0.360. The highest BCUT2D eigenvalue weighted by Gasteiger charge is 2.32. The average molecular weight is 368 g/mol. The summed E-state index contributed by atoms with van der Waals surface area (Å²) in [5.41, 5.74) is 0. The van der Waals surface area contributed by atoms with Gasteiger partial charge in [-0.3, -0.25) is 4.90 Å². The lowest BCUT2D eigenvalue weighted by molar-refractivity contribution is 0.159. The SMILES string of the molecule is CCC(C#N)N1CCN(S(=O)(=O)c2cc(Cl)sc2Cl)CC1. The number of nitriles is 1. The van der Waals surface area contributed by atoms with E-state index in [0.717, 1.165) is 17.8 Å². The van der Waals surface area contributed by atoms with Crippen LogP contribution in [0.25, 0.3) is 0 Å². The van der Waals surface area contributed by atoms with Gasteiger partial charge in [0.05, 0.1) is 16.4 Å². The molecule has 1 aromatic rings. The quantitative estimate of drug-likeness (QED) is 0.820. The van der Waals surface area contributed by atoms with E-state index in [1.54, 1.807) is 0 Å². The van der Waals surface area contributed by atoms with E-state index in [-0.39, 0.29) is 15.3 Å². The maximum atomic E-state index is 12.5. The molecule has 0 aromatic carbocycles. The Bertz CT molecular complexity index is 646. The van der Waals surface area contributed by atoms with Gasteiger partial charge in [-0.15, -0.1) is 11.3 Å². The van der Waals surface area contributed by atoms with Crippen molar-refractivity contribution in [2.24, 2.45) is 0 Å². The number of hydrogen-bond acceptors (Lipinski definition) is 5. The highest BCUT2D eigenvalue weighted by Crippen LogP contribution is 2.36. The van der Waals surface area contributed by atoms with Crippen LogP contribution < -0.4 is 0 Å². The number of thiophene rings is 1. The predicted molar refractivity (Wildman–Crippen MR) is 84.4 cm³/mol. The van der Waals surface area contributed by atoms with E-state index in [0.29, 0.717) is 30.5 Å². The van der Waals surface area contributed by atoms with Gasteiger partial charge in [-0.05, 0) is 12.5 Å². The van der Waals surface area contributed by atoms with Crippen LogP contribution >= 0.6 is 34.5 Å². The van der Waals surface area contributed by atoms with Gasteiger partial charge in [-0.25, -0.2) is 8.42 Å². The lowest BCUT2D eigenvalue weighted by Crippen LogP contribution is -2.51. The third-order valence-electron chi connectivity index (χ3n) is 3.49. The third kappa shape index (κ3) is 3.52. The molecule has 2 rings (SSSR count). The largest absolute Gasteiger partial charge is 0.285 e. The number of hydrogen-bond donors (Lipinski definition) is 0. The fourth-order valence-corrected chi connectivity index (χ4v) is 5.86. The van der Waals surface area contributed by atoms with E-state index >= 15 is 0 Å². The molecule has 0 N–H and O–H groups in total. The zero-order valence-corrected chi connectivity index (χ0v) is 14.6. The van der Waals surface area contributed by atoms with Gasteiger partial charge in [0.2, 0.25) is 10.0 Å². The smallest absolute Gasteiger partial charge is 0.245 e. The topological polar surface area (TPSA) is 64.4 Å². The van der Waals surface area contributed by atoms with Crippen molar-refractivity contribution in [1.82, 2.24) is 9.21 Å². The van der Waals surface area contributed by atoms with Crippen LogP contribution in [0.4, 0.5) is 0 Å². The number of rotatable bonds is 4. The molecule has 1 aliphatic rings. The molecule has 0 radical (unpaired) electrons. The van der Waals surface area contributed by atoms with E-state index in [2.05, 4.69) is 6.07 Å². The fraction of sp³-hybridized carbons (Fsp3) is 0.583. The van der Waals surface area contributed by atoms with Crippen molar-refractivity contribution >= 4 is 44.6 Å². The molecule has 0 aliphatic carbocycles. The summed E-state index contributed by atoms with van der Waals surface area (Å²) in [6.07, 6.45) is 0.731. The van der Waals surface area contributed by atoms with Crippen molar-refractivity contribution in [3.63, 3.8) is 0 Å². The van der Waals surface area contributed by atoms with Crippen LogP contribution in [-0.4, -0.2) is 49.8 Å². The normalized spacial score (nSPS) is 19.3. The second-order valence-corrected chi connectivity index (χ2v) is 8.87. The minimum absolute atomic E-state index is 0.0694. The second kappa shape index (κ2) is 6.82. The van der Waals surface area contributed by atoms with Crippen molar-refractivity contribution in [2.75, 3.05) is 26.2 Å².